The lowest BCUT2D eigenvalue weighted by Gasteiger charge is -2.07. The topological polar surface area (TPSA) is 29.9 Å². The maximum absolute atomic E-state index is 12.5. The molecule has 2 heterocycles. The number of anilines is 1. The minimum absolute atomic E-state index is 0.637. The summed E-state index contributed by atoms with van der Waals surface area (Å²) in [6.45, 7) is 0.842. The molecule has 1 aromatic heterocycles. The Kier molecular flexibility index (Phi) is 2.55. The molecular weight excluding hydrogens is 255 g/mol. The van der Waals surface area contributed by atoms with Crippen molar-refractivity contribution in [2.75, 3.05) is 11.9 Å². The van der Waals surface area contributed by atoms with Crippen molar-refractivity contribution in [3.8, 4) is 11.3 Å². The van der Waals surface area contributed by atoms with Crippen molar-refractivity contribution < 1.29 is 13.2 Å². The Morgan fingerprint density at radius 1 is 1.21 bits per heavy atom. The van der Waals surface area contributed by atoms with E-state index in [0.717, 1.165) is 42.2 Å². The zero-order chi connectivity index (χ0) is 13.6. The van der Waals surface area contributed by atoms with E-state index < -0.39 is 11.7 Å². The van der Waals surface area contributed by atoms with E-state index in [9.17, 15) is 13.2 Å². The molecule has 3 nitrogen and oxygen atoms in total. The predicted molar refractivity (Wildman–Crippen MR) is 65.8 cm³/mol. The molecule has 100 valence electrons. The molecule has 1 aliphatic heterocycles. The van der Waals surface area contributed by atoms with Crippen molar-refractivity contribution in [3.05, 3.63) is 35.4 Å². The second kappa shape index (κ2) is 4.01. The lowest BCUT2D eigenvalue weighted by molar-refractivity contribution is -0.137. The number of alkyl halides is 3. The quantitative estimate of drug-likeness (QED) is 0.860. The van der Waals surface area contributed by atoms with Crippen LogP contribution in [0.3, 0.4) is 0 Å². The van der Waals surface area contributed by atoms with E-state index in [2.05, 4.69) is 10.4 Å². The van der Waals surface area contributed by atoms with Gasteiger partial charge in [-0.05, 0) is 18.6 Å². The van der Waals surface area contributed by atoms with Crippen LogP contribution in [0.1, 0.15) is 11.1 Å². The van der Waals surface area contributed by atoms with Crippen LogP contribution in [0.15, 0.2) is 24.3 Å². The number of rotatable bonds is 1. The molecule has 3 rings (SSSR count). The first-order valence-corrected chi connectivity index (χ1v) is 5.94. The number of hydrogen-bond acceptors (Lipinski definition) is 2. The van der Waals surface area contributed by atoms with Crippen molar-refractivity contribution in [1.29, 1.82) is 0 Å². The van der Waals surface area contributed by atoms with Gasteiger partial charge < -0.3 is 5.32 Å². The zero-order valence-electron chi connectivity index (χ0n) is 10.3. The number of benzene rings is 1. The molecule has 1 aromatic carbocycles. The van der Waals surface area contributed by atoms with Gasteiger partial charge in [0.2, 0.25) is 0 Å². The summed E-state index contributed by atoms with van der Waals surface area (Å²) in [5, 5.41) is 7.58. The highest BCUT2D eigenvalue weighted by atomic mass is 19.4. The van der Waals surface area contributed by atoms with E-state index >= 15 is 0 Å². The Balaban J connectivity index is 2.02. The van der Waals surface area contributed by atoms with Crippen molar-refractivity contribution in [3.63, 3.8) is 0 Å². The molecule has 1 aliphatic rings. The summed E-state index contributed by atoms with van der Waals surface area (Å²) >= 11 is 0. The SMILES string of the molecule is Cn1nc(-c2ccc(C(F)(F)F)cc2)c2c1NCC2. The highest BCUT2D eigenvalue weighted by molar-refractivity contribution is 5.71. The summed E-state index contributed by atoms with van der Waals surface area (Å²) in [5.74, 6) is 0.954. The van der Waals surface area contributed by atoms with Gasteiger partial charge in [0.05, 0.1) is 11.3 Å². The fourth-order valence-electron chi connectivity index (χ4n) is 2.38. The van der Waals surface area contributed by atoms with Crippen LogP contribution in [0.2, 0.25) is 0 Å². The Labute approximate surface area is 108 Å². The van der Waals surface area contributed by atoms with Crippen LogP contribution in [-0.2, 0) is 19.6 Å². The normalized spacial score (nSPS) is 14.3. The largest absolute Gasteiger partial charge is 0.416 e. The van der Waals surface area contributed by atoms with Gasteiger partial charge in [0.1, 0.15) is 5.82 Å². The maximum atomic E-state index is 12.5. The van der Waals surface area contributed by atoms with E-state index in [1.165, 1.54) is 12.1 Å². The predicted octanol–water partition coefficient (Wildman–Crippen LogP) is 3.07. The number of aryl methyl sites for hydroxylation is 1. The molecule has 0 spiro atoms. The summed E-state index contributed by atoms with van der Waals surface area (Å²) in [6.07, 6.45) is -3.45. The van der Waals surface area contributed by atoms with Crippen molar-refractivity contribution in [2.24, 2.45) is 7.05 Å². The molecule has 0 radical (unpaired) electrons. The second-order valence-corrected chi connectivity index (χ2v) is 4.55. The van der Waals surface area contributed by atoms with Crippen molar-refractivity contribution in [2.45, 2.75) is 12.6 Å². The Bertz CT molecular complexity index is 611. The minimum atomic E-state index is -4.30. The third-order valence-corrected chi connectivity index (χ3v) is 3.30. The average Bonchev–Trinajstić information content (AvgIpc) is 2.93. The first kappa shape index (κ1) is 12.1. The molecular formula is C13H12F3N3. The third-order valence-electron chi connectivity index (χ3n) is 3.30. The Morgan fingerprint density at radius 3 is 2.53 bits per heavy atom. The second-order valence-electron chi connectivity index (χ2n) is 4.55. The van der Waals surface area contributed by atoms with Gasteiger partial charge in [-0.1, -0.05) is 12.1 Å². The molecule has 0 saturated heterocycles. The highest BCUT2D eigenvalue weighted by Gasteiger charge is 2.30. The highest BCUT2D eigenvalue weighted by Crippen LogP contribution is 2.34. The summed E-state index contributed by atoms with van der Waals surface area (Å²) in [6, 6.07) is 5.14. The van der Waals surface area contributed by atoms with Crippen LogP contribution < -0.4 is 5.32 Å². The van der Waals surface area contributed by atoms with Crippen LogP contribution in [0.4, 0.5) is 19.0 Å². The fourth-order valence-corrected chi connectivity index (χ4v) is 2.38. The van der Waals surface area contributed by atoms with Gasteiger partial charge in [0.15, 0.2) is 0 Å². The zero-order valence-corrected chi connectivity index (χ0v) is 10.3. The molecule has 2 aromatic rings. The summed E-state index contributed by atoms with van der Waals surface area (Å²) in [4.78, 5) is 0. The first-order chi connectivity index (χ1) is 8.97. The van der Waals surface area contributed by atoms with Gasteiger partial charge in [0.25, 0.3) is 0 Å². The fraction of sp³-hybridized carbons (Fsp3) is 0.308. The van der Waals surface area contributed by atoms with E-state index in [0.29, 0.717) is 5.56 Å². The maximum Gasteiger partial charge on any atom is 0.416 e. The monoisotopic (exact) mass is 267 g/mol. The molecule has 19 heavy (non-hydrogen) atoms. The average molecular weight is 267 g/mol. The molecule has 0 aliphatic carbocycles. The number of nitrogens with one attached hydrogen (secondary N) is 1. The summed E-state index contributed by atoms with van der Waals surface area (Å²) in [5.41, 5.74) is 1.91. The number of halogens is 3. The van der Waals surface area contributed by atoms with Crippen LogP contribution in [0.5, 0.6) is 0 Å². The molecule has 0 saturated carbocycles. The van der Waals surface area contributed by atoms with Crippen molar-refractivity contribution >= 4 is 5.82 Å². The van der Waals surface area contributed by atoms with E-state index in [1.807, 2.05) is 7.05 Å². The van der Waals surface area contributed by atoms with Gasteiger partial charge in [0, 0.05) is 24.7 Å². The number of aromatic nitrogens is 2. The van der Waals surface area contributed by atoms with Crippen molar-refractivity contribution in [1.82, 2.24) is 9.78 Å². The smallest absolute Gasteiger partial charge is 0.370 e. The van der Waals surface area contributed by atoms with Crippen LogP contribution in [0.25, 0.3) is 11.3 Å². The third kappa shape index (κ3) is 1.97. The van der Waals surface area contributed by atoms with Gasteiger partial charge in [-0.15, -0.1) is 0 Å². The first-order valence-electron chi connectivity index (χ1n) is 5.94. The van der Waals surface area contributed by atoms with Gasteiger partial charge in [-0.3, -0.25) is 4.68 Å². The Hall–Kier alpha value is -1.98. The standard InChI is InChI=1S/C13H12F3N3/c1-19-12-10(6-7-17-12)11(18-19)8-2-4-9(5-3-8)13(14,15)16/h2-5,17H,6-7H2,1H3. The molecule has 6 heteroatoms. The molecule has 0 bridgehead atoms. The molecule has 0 unspecified atom stereocenters. The lowest BCUT2D eigenvalue weighted by Crippen LogP contribution is -2.04. The molecule has 0 fully saturated rings. The van der Waals surface area contributed by atoms with Gasteiger partial charge in [-0.25, -0.2) is 0 Å². The number of fused-ring (bicyclic) bond motifs is 1. The van der Waals surface area contributed by atoms with Crippen LogP contribution >= 0.6 is 0 Å². The van der Waals surface area contributed by atoms with Gasteiger partial charge in [-0.2, -0.15) is 18.3 Å². The summed E-state index contributed by atoms with van der Waals surface area (Å²) < 4.78 is 39.3. The Morgan fingerprint density at radius 2 is 1.89 bits per heavy atom. The van der Waals surface area contributed by atoms with Crippen LogP contribution in [0, 0.1) is 0 Å². The number of nitrogens with zero attached hydrogens (tertiary/aromatic N) is 2. The molecule has 1 N–H and O–H groups in total. The van der Waals surface area contributed by atoms with Gasteiger partial charge >= 0.3 is 6.18 Å². The lowest BCUT2D eigenvalue weighted by atomic mass is 10.0. The van der Waals surface area contributed by atoms with E-state index in [1.54, 1.807) is 4.68 Å². The van der Waals surface area contributed by atoms with E-state index in [4.69, 9.17) is 0 Å². The molecule has 0 amide bonds. The minimum Gasteiger partial charge on any atom is -0.370 e. The van der Waals surface area contributed by atoms with Crippen LogP contribution in [-0.4, -0.2) is 16.3 Å². The summed E-state index contributed by atoms with van der Waals surface area (Å²) in [7, 11) is 1.82. The van der Waals surface area contributed by atoms with E-state index in [-0.39, 0.29) is 0 Å². The number of hydrogen-bond donors (Lipinski definition) is 1. The molecule has 0 atom stereocenters.